The van der Waals surface area contributed by atoms with E-state index < -0.39 is 0 Å². The molecule has 0 aliphatic heterocycles. The predicted molar refractivity (Wildman–Crippen MR) is 70.4 cm³/mol. The predicted octanol–water partition coefficient (Wildman–Crippen LogP) is 2.42. The van der Waals surface area contributed by atoms with Crippen molar-refractivity contribution in [3.8, 4) is 11.5 Å². The molecule has 0 amide bonds. The van der Waals surface area contributed by atoms with Gasteiger partial charge in [-0.2, -0.15) is 0 Å². The normalized spacial score (nSPS) is 14.8. The van der Waals surface area contributed by atoms with E-state index in [0.717, 1.165) is 29.6 Å². The highest BCUT2D eigenvalue weighted by molar-refractivity contribution is 5.53. The maximum absolute atomic E-state index is 4.55. The molecule has 2 heterocycles. The molecule has 0 atom stereocenters. The first-order valence-electron chi connectivity index (χ1n) is 6.39. The maximum Gasteiger partial charge on any atom is 0.180 e. The lowest BCUT2D eigenvalue weighted by molar-refractivity contribution is 0.742. The summed E-state index contributed by atoms with van der Waals surface area (Å²) in [4.78, 5) is 13.3. The van der Waals surface area contributed by atoms with Crippen molar-refractivity contribution in [2.75, 3.05) is 11.9 Å². The largest absolute Gasteiger partial charge is 0.370 e. The van der Waals surface area contributed by atoms with Gasteiger partial charge in [-0.25, -0.2) is 15.0 Å². The van der Waals surface area contributed by atoms with Gasteiger partial charge in [0.1, 0.15) is 11.5 Å². The van der Waals surface area contributed by atoms with E-state index in [2.05, 4.69) is 31.8 Å². The lowest BCUT2D eigenvalue weighted by Crippen LogP contribution is -2.04. The molecule has 1 N–H and O–H groups in total. The van der Waals surface area contributed by atoms with Crippen LogP contribution in [0, 0.1) is 6.92 Å². The molecule has 5 nitrogen and oxygen atoms in total. The van der Waals surface area contributed by atoms with Gasteiger partial charge in [0.05, 0.1) is 12.5 Å². The topological polar surface area (TPSA) is 55.6 Å². The molecule has 1 aliphatic carbocycles. The molecule has 0 spiro atoms. The van der Waals surface area contributed by atoms with Crippen molar-refractivity contribution in [2.24, 2.45) is 0 Å². The molecule has 2 aromatic rings. The summed E-state index contributed by atoms with van der Waals surface area (Å²) in [5.41, 5.74) is 1.99. The van der Waals surface area contributed by atoms with Crippen LogP contribution in [0.1, 0.15) is 31.5 Å². The van der Waals surface area contributed by atoms with Crippen molar-refractivity contribution >= 4 is 5.82 Å². The highest BCUT2D eigenvalue weighted by Gasteiger charge is 2.26. The molecule has 0 saturated heterocycles. The van der Waals surface area contributed by atoms with Crippen LogP contribution in [0.4, 0.5) is 5.82 Å². The van der Waals surface area contributed by atoms with Gasteiger partial charge in [0.15, 0.2) is 5.82 Å². The number of aromatic nitrogens is 4. The maximum atomic E-state index is 4.55. The number of hydrogen-bond donors (Lipinski definition) is 1. The zero-order chi connectivity index (χ0) is 12.5. The number of nitrogens with one attached hydrogen (secondary N) is 1. The zero-order valence-electron chi connectivity index (χ0n) is 10.7. The van der Waals surface area contributed by atoms with Crippen LogP contribution >= 0.6 is 0 Å². The molecule has 2 aromatic heterocycles. The Morgan fingerprint density at radius 3 is 2.94 bits per heavy atom. The van der Waals surface area contributed by atoms with E-state index in [4.69, 9.17) is 0 Å². The summed E-state index contributed by atoms with van der Waals surface area (Å²) >= 11 is 0. The van der Waals surface area contributed by atoms with Crippen molar-refractivity contribution in [1.82, 2.24) is 19.5 Å². The van der Waals surface area contributed by atoms with E-state index in [-0.39, 0.29) is 0 Å². The van der Waals surface area contributed by atoms with Crippen molar-refractivity contribution < 1.29 is 0 Å². The average Bonchev–Trinajstić information content (AvgIpc) is 3.06. The fourth-order valence-electron chi connectivity index (χ4n) is 2.08. The van der Waals surface area contributed by atoms with Crippen molar-refractivity contribution in [2.45, 2.75) is 32.7 Å². The summed E-state index contributed by atoms with van der Waals surface area (Å²) in [5.74, 6) is 1.64. The van der Waals surface area contributed by atoms with E-state index in [0.29, 0.717) is 6.04 Å². The highest BCUT2D eigenvalue weighted by Crippen LogP contribution is 2.37. The first-order chi connectivity index (χ1) is 8.78. The fraction of sp³-hybridized carbons (Fsp3) is 0.462. The van der Waals surface area contributed by atoms with E-state index in [1.807, 2.05) is 25.5 Å². The lowest BCUT2D eigenvalue weighted by Gasteiger charge is -2.08. The Hall–Kier alpha value is -1.91. The number of aryl methyl sites for hydroxylation is 1. The molecular weight excluding hydrogens is 226 g/mol. The second-order valence-corrected chi connectivity index (χ2v) is 4.67. The minimum absolute atomic E-state index is 0.592. The Balaban J connectivity index is 2.01. The molecule has 94 valence electrons. The molecular formula is C13H17N5. The average molecular weight is 243 g/mol. The molecule has 0 bridgehead atoms. The highest BCUT2D eigenvalue weighted by atomic mass is 15.1. The number of nitrogens with zero attached hydrogens (tertiary/aromatic N) is 4. The number of hydrogen-bond acceptors (Lipinski definition) is 4. The molecule has 1 saturated carbocycles. The van der Waals surface area contributed by atoms with Crippen LogP contribution in [-0.2, 0) is 0 Å². The van der Waals surface area contributed by atoms with Crippen LogP contribution in [0.25, 0.3) is 11.5 Å². The summed E-state index contributed by atoms with van der Waals surface area (Å²) in [6, 6.07) is 2.55. The van der Waals surface area contributed by atoms with Gasteiger partial charge in [0, 0.05) is 24.3 Å². The Morgan fingerprint density at radius 1 is 1.39 bits per heavy atom. The number of anilines is 1. The van der Waals surface area contributed by atoms with Gasteiger partial charge >= 0.3 is 0 Å². The molecule has 18 heavy (non-hydrogen) atoms. The first kappa shape index (κ1) is 11.2. The van der Waals surface area contributed by atoms with E-state index in [1.165, 1.54) is 12.8 Å². The van der Waals surface area contributed by atoms with Crippen LogP contribution in [-0.4, -0.2) is 26.1 Å². The van der Waals surface area contributed by atoms with Crippen molar-refractivity contribution in [1.29, 1.82) is 0 Å². The van der Waals surface area contributed by atoms with Gasteiger partial charge in [-0.15, -0.1) is 0 Å². The van der Waals surface area contributed by atoms with Gasteiger partial charge in [-0.3, -0.25) is 0 Å². The van der Waals surface area contributed by atoms with Gasteiger partial charge in [0.2, 0.25) is 0 Å². The van der Waals surface area contributed by atoms with Crippen LogP contribution in [0.2, 0.25) is 0 Å². The summed E-state index contributed by atoms with van der Waals surface area (Å²) < 4.78 is 2.19. The summed E-state index contributed by atoms with van der Waals surface area (Å²) in [5, 5.41) is 3.23. The van der Waals surface area contributed by atoms with Crippen molar-refractivity contribution in [3.63, 3.8) is 0 Å². The molecule has 0 aromatic carbocycles. The second kappa shape index (κ2) is 4.40. The molecule has 5 heteroatoms. The van der Waals surface area contributed by atoms with Crippen molar-refractivity contribution in [3.05, 3.63) is 24.3 Å². The Kier molecular flexibility index (Phi) is 2.74. The quantitative estimate of drug-likeness (QED) is 0.896. The fourth-order valence-corrected chi connectivity index (χ4v) is 2.08. The van der Waals surface area contributed by atoms with Gasteiger partial charge in [-0.05, 0) is 26.7 Å². The zero-order valence-corrected chi connectivity index (χ0v) is 10.7. The van der Waals surface area contributed by atoms with Gasteiger partial charge < -0.3 is 9.88 Å². The number of rotatable bonds is 4. The monoisotopic (exact) mass is 243 g/mol. The summed E-state index contributed by atoms with van der Waals surface area (Å²) in [6.45, 7) is 4.91. The Labute approximate surface area is 106 Å². The van der Waals surface area contributed by atoms with E-state index in [1.54, 1.807) is 0 Å². The van der Waals surface area contributed by atoms with Crippen LogP contribution < -0.4 is 5.32 Å². The van der Waals surface area contributed by atoms with Gasteiger partial charge in [0.25, 0.3) is 0 Å². The molecule has 1 aliphatic rings. The van der Waals surface area contributed by atoms with E-state index >= 15 is 0 Å². The molecule has 1 fully saturated rings. The Bertz CT molecular complexity index is 556. The van der Waals surface area contributed by atoms with E-state index in [9.17, 15) is 0 Å². The molecule has 3 rings (SSSR count). The molecule has 0 unspecified atom stereocenters. The van der Waals surface area contributed by atoms with Crippen LogP contribution in [0.3, 0.4) is 0 Å². The lowest BCUT2D eigenvalue weighted by atomic mass is 10.3. The first-order valence-corrected chi connectivity index (χ1v) is 6.39. The number of imidazole rings is 1. The SMILES string of the molecule is CCNc1cc(C)nc(-c2cncn2C2CC2)n1. The minimum Gasteiger partial charge on any atom is -0.370 e. The van der Waals surface area contributed by atoms with Crippen LogP contribution in [0.5, 0.6) is 0 Å². The summed E-state index contributed by atoms with van der Waals surface area (Å²) in [7, 11) is 0. The van der Waals surface area contributed by atoms with Crippen LogP contribution in [0.15, 0.2) is 18.6 Å². The Morgan fingerprint density at radius 2 is 2.22 bits per heavy atom. The second-order valence-electron chi connectivity index (χ2n) is 4.67. The third-order valence-corrected chi connectivity index (χ3v) is 3.05. The third-order valence-electron chi connectivity index (χ3n) is 3.05. The van der Waals surface area contributed by atoms with Gasteiger partial charge in [-0.1, -0.05) is 0 Å². The smallest absolute Gasteiger partial charge is 0.180 e. The minimum atomic E-state index is 0.592. The molecule has 0 radical (unpaired) electrons. The third kappa shape index (κ3) is 2.08. The standard InChI is InChI=1S/C13H17N5/c1-3-15-12-6-9(2)16-13(17-12)11-7-14-8-18(11)10-4-5-10/h6-8,10H,3-5H2,1-2H3,(H,15,16,17). The summed E-state index contributed by atoms with van der Waals surface area (Å²) in [6.07, 6.45) is 6.19.